The summed E-state index contributed by atoms with van der Waals surface area (Å²) in [6.45, 7) is 0. The number of aliphatic carboxylic acids is 1. The molecule has 0 unspecified atom stereocenters. The first-order chi connectivity index (χ1) is 9.58. The molecule has 0 saturated carbocycles. The number of hydrogen-bond acceptors (Lipinski definition) is 2. The highest BCUT2D eigenvalue weighted by Gasteiger charge is 2.17. The first-order valence-corrected chi connectivity index (χ1v) is 7.84. The average molecular weight is 288 g/mol. The molecule has 104 valence electrons. The van der Waals surface area contributed by atoms with Crippen LogP contribution in [0.1, 0.15) is 23.5 Å². The Bertz CT molecular complexity index is 605. The first-order valence-electron chi connectivity index (χ1n) is 6.28. The van der Waals surface area contributed by atoms with Gasteiger partial charge in [-0.1, -0.05) is 42.5 Å². The Morgan fingerprint density at radius 1 is 1.05 bits per heavy atom. The van der Waals surface area contributed by atoms with Gasteiger partial charge in [-0.15, -0.1) is 0 Å². The van der Waals surface area contributed by atoms with Crippen LogP contribution >= 0.6 is 0 Å². The zero-order valence-electron chi connectivity index (χ0n) is 11.2. The fourth-order valence-electron chi connectivity index (χ4n) is 2.18. The van der Waals surface area contributed by atoms with Gasteiger partial charge in [-0.05, 0) is 23.3 Å². The third-order valence-corrected chi connectivity index (χ3v) is 4.13. The smallest absolute Gasteiger partial charge is 0.304 e. The summed E-state index contributed by atoms with van der Waals surface area (Å²) in [6.07, 6.45) is 1.67. The Labute approximate surface area is 120 Å². The van der Waals surface area contributed by atoms with Crippen molar-refractivity contribution in [3.05, 3.63) is 65.7 Å². The van der Waals surface area contributed by atoms with Gasteiger partial charge in [0, 0.05) is 27.9 Å². The van der Waals surface area contributed by atoms with Crippen LogP contribution in [0.15, 0.2) is 59.5 Å². The van der Waals surface area contributed by atoms with Gasteiger partial charge >= 0.3 is 5.97 Å². The van der Waals surface area contributed by atoms with Crippen LogP contribution in [0.4, 0.5) is 0 Å². The second kappa shape index (κ2) is 6.48. The van der Waals surface area contributed by atoms with Crippen molar-refractivity contribution in [2.45, 2.75) is 17.2 Å². The fourth-order valence-corrected chi connectivity index (χ4v) is 2.70. The van der Waals surface area contributed by atoms with E-state index in [-0.39, 0.29) is 12.3 Å². The summed E-state index contributed by atoms with van der Waals surface area (Å²) in [7, 11) is -1.02. The summed E-state index contributed by atoms with van der Waals surface area (Å²) in [5.74, 6) is -1.02. The molecule has 0 spiro atoms. The van der Waals surface area contributed by atoms with Crippen molar-refractivity contribution in [3.63, 3.8) is 0 Å². The lowest BCUT2D eigenvalue weighted by atomic mass is 9.89. The lowest BCUT2D eigenvalue weighted by Gasteiger charge is -2.16. The normalized spacial score (nSPS) is 13.7. The Balaban J connectivity index is 2.36. The van der Waals surface area contributed by atoms with Gasteiger partial charge < -0.3 is 5.11 Å². The summed E-state index contributed by atoms with van der Waals surface area (Å²) >= 11 is 0. The number of carbonyl (C=O) groups is 1. The zero-order chi connectivity index (χ0) is 14.5. The maximum atomic E-state index is 11.4. The van der Waals surface area contributed by atoms with Crippen LogP contribution in [0, 0.1) is 0 Å². The van der Waals surface area contributed by atoms with Gasteiger partial charge in [-0.3, -0.25) is 9.00 Å². The molecule has 0 aliphatic heterocycles. The highest BCUT2D eigenvalue weighted by Crippen LogP contribution is 2.28. The second-order valence-electron chi connectivity index (χ2n) is 4.58. The van der Waals surface area contributed by atoms with Crippen LogP contribution in [0.5, 0.6) is 0 Å². The molecule has 0 aromatic heterocycles. The van der Waals surface area contributed by atoms with E-state index in [4.69, 9.17) is 5.11 Å². The summed E-state index contributed by atoms with van der Waals surface area (Å²) in [4.78, 5) is 11.8. The van der Waals surface area contributed by atoms with Gasteiger partial charge in [-0.25, -0.2) is 0 Å². The molecular formula is C16H16O3S. The molecule has 4 heteroatoms. The van der Waals surface area contributed by atoms with E-state index < -0.39 is 16.8 Å². The quantitative estimate of drug-likeness (QED) is 0.920. The molecule has 2 rings (SSSR count). The topological polar surface area (TPSA) is 54.4 Å². The summed E-state index contributed by atoms with van der Waals surface area (Å²) in [6, 6.07) is 16.9. The van der Waals surface area contributed by atoms with Crippen LogP contribution in [0.25, 0.3) is 0 Å². The van der Waals surface area contributed by atoms with Crippen LogP contribution in [-0.2, 0) is 15.6 Å². The number of rotatable bonds is 5. The average Bonchev–Trinajstić information content (AvgIpc) is 2.45. The molecule has 0 amide bonds. The number of carboxylic acid groups (broad SMARTS) is 1. The van der Waals surface area contributed by atoms with Crippen LogP contribution in [-0.4, -0.2) is 21.5 Å². The van der Waals surface area contributed by atoms with Gasteiger partial charge in [-0.2, -0.15) is 0 Å². The molecular weight excluding hydrogens is 272 g/mol. The van der Waals surface area contributed by atoms with E-state index in [1.54, 1.807) is 18.4 Å². The molecule has 0 heterocycles. The van der Waals surface area contributed by atoms with Crippen molar-refractivity contribution in [3.8, 4) is 0 Å². The molecule has 2 aromatic rings. The van der Waals surface area contributed by atoms with Crippen LogP contribution < -0.4 is 0 Å². The van der Waals surface area contributed by atoms with Crippen LogP contribution in [0.3, 0.4) is 0 Å². The summed E-state index contributed by atoms with van der Waals surface area (Å²) < 4.78 is 11.4. The molecule has 0 aliphatic rings. The van der Waals surface area contributed by atoms with E-state index in [2.05, 4.69) is 0 Å². The van der Waals surface area contributed by atoms with E-state index in [0.29, 0.717) is 0 Å². The molecule has 2 aromatic carbocycles. The van der Waals surface area contributed by atoms with Crippen molar-refractivity contribution in [1.29, 1.82) is 0 Å². The monoisotopic (exact) mass is 288 g/mol. The molecule has 0 radical (unpaired) electrons. The van der Waals surface area contributed by atoms with Crippen molar-refractivity contribution in [1.82, 2.24) is 0 Å². The van der Waals surface area contributed by atoms with Crippen molar-refractivity contribution >= 4 is 16.8 Å². The molecule has 0 bridgehead atoms. The molecule has 3 nitrogen and oxygen atoms in total. The number of benzene rings is 2. The van der Waals surface area contributed by atoms with E-state index in [1.807, 2.05) is 42.5 Å². The Morgan fingerprint density at radius 2 is 1.60 bits per heavy atom. The van der Waals surface area contributed by atoms with Gasteiger partial charge in [0.25, 0.3) is 0 Å². The third kappa shape index (κ3) is 3.54. The van der Waals surface area contributed by atoms with Crippen LogP contribution in [0.2, 0.25) is 0 Å². The SMILES string of the molecule is C[S@](=O)c1ccc([C@@H](CC(=O)O)c2ccccc2)cc1. The van der Waals surface area contributed by atoms with Gasteiger partial charge in [0.1, 0.15) is 0 Å². The Kier molecular flexibility index (Phi) is 4.69. The van der Waals surface area contributed by atoms with Gasteiger partial charge in [0.15, 0.2) is 0 Å². The van der Waals surface area contributed by atoms with Crippen molar-refractivity contribution in [2.75, 3.05) is 6.26 Å². The highest BCUT2D eigenvalue weighted by molar-refractivity contribution is 7.84. The predicted molar refractivity (Wildman–Crippen MR) is 79.3 cm³/mol. The number of hydrogen-bond donors (Lipinski definition) is 1. The minimum atomic E-state index is -1.02. The molecule has 1 N–H and O–H groups in total. The number of carboxylic acids is 1. The molecule has 2 atom stereocenters. The lowest BCUT2D eigenvalue weighted by Crippen LogP contribution is -2.08. The molecule has 0 fully saturated rings. The third-order valence-electron chi connectivity index (χ3n) is 3.20. The maximum Gasteiger partial charge on any atom is 0.304 e. The first kappa shape index (κ1) is 14.5. The Morgan fingerprint density at radius 3 is 2.10 bits per heavy atom. The zero-order valence-corrected chi connectivity index (χ0v) is 12.0. The minimum absolute atomic E-state index is 0.0403. The summed E-state index contributed by atoms with van der Waals surface area (Å²) in [5.41, 5.74) is 1.90. The largest absolute Gasteiger partial charge is 0.481 e. The minimum Gasteiger partial charge on any atom is -0.481 e. The lowest BCUT2D eigenvalue weighted by molar-refractivity contribution is -0.137. The Hall–Kier alpha value is -1.94. The highest BCUT2D eigenvalue weighted by atomic mass is 32.2. The standard InChI is InChI=1S/C16H16O3S/c1-20(19)14-9-7-13(8-10-14)15(11-16(17)18)12-5-3-2-4-6-12/h2-10,15H,11H2,1H3,(H,17,18)/t15-,20-/m0/s1. The summed E-state index contributed by atoms with van der Waals surface area (Å²) in [5, 5.41) is 9.10. The molecule has 20 heavy (non-hydrogen) atoms. The van der Waals surface area contributed by atoms with Crippen molar-refractivity contribution in [2.24, 2.45) is 0 Å². The van der Waals surface area contributed by atoms with E-state index in [1.165, 1.54) is 0 Å². The predicted octanol–water partition coefficient (Wildman–Crippen LogP) is 3.03. The van der Waals surface area contributed by atoms with E-state index >= 15 is 0 Å². The van der Waals surface area contributed by atoms with Crippen molar-refractivity contribution < 1.29 is 14.1 Å². The van der Waals surface area contributed by atoms with Gasteiger partial charge in [0.05, 0.1) is 6.42 Å². The van der Waals surface area contributed by atoms with Gasteiger partial charge in [0.2, 0.25) is 0 Å². The molecule has 0 aliphatic carbocycles. The van der Waals surface area contributed by atoms with E-state index in [0.717, 1.165) is 16.0 Å². The fraction of sp³-hybridized carbons (Fsp3) is 0.188. The maximum absolute atomic E-state index is 11.4. The second-order valence-corrected chi connectivity index (χ2v) is 5.96. The molecule has 0 saturated heterocycles. The van der Waals surface area contributed by atoms with E-state index in [9.17, 15) is 9.00 Å².